The van der Waals surface area contributed by atoms with Crippen LogP contribution >= 0.6 is 0 Å². The first-order chi connectivity index (χ1) is 16.7. The largest absolute Gasteiger partial charge is 0.449 e. The summed E-state index contributed by atoms with van der Waals surface area (Å²) >= 11 is 0. The molecule has 0 fully saturated rings. The van der Waals surface area contributed by atoms with Gasteiger partial charge in [0.2, 0.25) is 11.7 Å². The summed E-state index contributed by atoms with van der Waals surface area (Å²) in [5.74, 6) is -1.95. The summed E-state index contributed by atoms with van der Waals surface area (Å²) in [6.45, 7) is 0. The fraction of sp³-hybridized carbons (Fsp3) is 0.125. The van der Waals surface area contributed by atoms with Crippen LogP contribution in [-0.2, 0) is 14.3 Å². The van der Waals surface area contributed by atoms with Gasteiger partial charge in [0.1, 0.15) is 0 Å². The monoisotopic (exact) mass is 477 g/mol. The number of nitrogens with zero attached hydrogens (tertiary/aromatic N) is 2. The van der Waals surface area contributed by atoms with Crippen LogP contribution in [0.4, 0.5) is 17.1 Å². The third-order valence-corrected chi connectivity index (χ3v) is 4.85. The number of rotatable bonds is 10. The molecule has 1 N–H and O–H groups in total. The van der Waals surface area contributed by atoms with E-state index in [1.165, 1.54) is 48.5 Å². The van der Waals surface area contributed by atoms with Crippen molar-refractivity contribution in [2.45, 2.75) is 18.9 Å². The van der Waals surface area contributed by atoms with Crippen molar-refractivity contribution < 1.29 is 29.0 Å². The molecule has 178 valence electrons. The van der Waals surface area contributed by atoms with Crippen molar-refractivity contribution in [3.05, 3.63) is 110 Å². The molecule has 0 heterocycles. The number of nitrogens with one attached hydrogen (secondary N) is 1. The molecule has 0 aliphatic carbocycles. The molecule has 0 saturated carbocycles. The number of esters is 1. The van der Waals surface area contributed by atoms with Gasteiger partial charge in [0.25, 0.3) is 11.4 Å². The molecule has 0 radical (unpaired) electrons. The van der Waals surface area contributed by atoms with Crippen LogP contribution in [0.2, 0.25) is 0 Å². The first-order valence-electron chi connectivity index (χ1n) is 10.3. The molecular formula is C24H19N3O8. The maximum Gasteiger partial charge on any atom is 0.307 e. The predicted octanol–water partition coefficient (Wildman–Crippen LogP) is 4.39. The van der Waals surface area contributed by atoms with Crippen LogP contribution in [0.3, 0.4) is 0 Å². The summed E-state index contributed by atoms with van der Waals surface area (Å²) in [5, 5.41) is 24.2. The van der Waals surface area contributed by atoms with Crippen molar-refractivity contribution in [1.82, 2.24) is 0 Å². The molecule has 3 aromatic carbocycles. The molecule has 1 amide bonds. The van der Waals surface area contributed by atoms with Gasteiger partial charge in [-0.05, 0) is 18.2 Å². The number of hydrogen-bond acceptors (Lipinski definition) is 8. The molecule has 3 aromatic rings. The normalized spacial score (nSPS) is 11.2. The summed E-state index contributed by atoms with van der Waals surface area (Å²) in [5.41, 5.74) is 0.308. The third kappa shape index (κ3) is 6.78. The number of non-ortho nitro benzene ring substituents is 2. The number of hydrogen-bond donors (Lipinski definition) is 1. The summed E-state index contributed by atoms with van der Waals surface area (Å²) < 4.78 is 5.38. The van der Waals surface area contributed by atoms with Crippen LogP contribution in [0, 0.1) is 20.2 Å². The van der Waals surface area contributed by atoms with Crippen molar-refractivity contribution in [2.24, 2.45) is 0 Å². The molecule has 0 unspecified atom stereocenters. The lowest BCUT2D eigenvalue weighted by molar-refractivity contribution is -0.385. The van der Waals surface area contributed by atoms with Crippen molar-refractivity contribution in [1.29, 1.82) is 0 Å². The number of carbonyl (C=O) groups is 3. The molecule has 11 heteroatoms. The molecule has 0 spiro atoms. The lowest BCUT2D eigenvalue weighted by atomic mass is 9.99. The third-order valence-electron chi connectivity index (χ3n) is 4.85. The van der Waals surface area contributed by atoms with Crippen LogP contribution < -0.4 is 5.32 Å². The number of nitro groups is 2. The predicted molar refractivity (Wildman–Crippen MR) is 124 cm³/mol. The Morgan fingerprint density at radius 1 is 0.800 bits per heavy atom. The van der Waals surface area contributed by atoms with Gasteiger partial charge in [-0.3, -0.25) is 34.6 Å². The minimum Gasteiger partial charge on any atom is -0.449 e. The number of Topliss-reactive ketones (excluding diaryl/α,β-unsaturated/α-hetero) is 1. The molecule has 0 aliphatic heterocycles. The minimum atomic E-state index is -1.37. The maximum absolute atomic E-state index is 13.0. The van der Waals surface area contributed by atoms with E-state index in [-0.39, 0.29) is 41.0 Å². The highest BCUT2D eigenvalue weighted by atomic mass is 16.6. The number of ketones is 1. The van der Waals surface area contributed by atoms with Crippen LogP contribution in [0.5, 0.6) is 0 Å². The average molecular weight is 477 g/mol. The molecule has 35 heavy (non-hydrogen) atoms. The van der Waals surface area contributed by atoms with Crippen molar-refractivity contribution in [3.8, 4) is 0 Å². The van der Waals surface area contributed by atoms with Gasteiger partial charge in [0.05, 0.1) is 16.3 Å². The van der Waals surface area contributed by atoms with Crippen molar-refractivity contribution in [2.75, 3.05) is 5.32 Å². The molecule has 0 aliphatic rings. The Bertz CT molecular complexity index is 1260. The Hall–Kier alpha value is -4.93. The van der Waals surface area contributed by atoms with Crippen molar-refractivity contribution in [3.63, 3.8) is 0 Å². The summed E-state index contributed by atoms with van der Waals surface area (Å²) in [4.78, 5) is 58.3. The minimum absolute atomic E-state index is 0.191. The average Bonchev–Trinajstić information content (AvgIpc) is 2.86. The van der Waals surface area contributed by atoms with Crippen LogP contribution in [0.15, 0.2) is 78.9 Å². The molecule has 11 nitrogen and oxygen atoms in total. The summed E-state index contributed by atoms with van der Waals surface area (Å²) in [7, 11) is 0. The number of benzene rings is 3. The zero-order valence-corrected chi connectivity index (χ0v) is 18.2. The zero-order valence-electron chi connectivity index (χ0n) is 18.2. The van der Waals surface area contributed by atoms with E-state index < -0.39 is 33.6 Å². The highest BCUT2D eigenvalue weighted by Gasteiger charge is 2.27. The van der Waals surface area contributed by atoms with Gasteiger partial charge in [0.15, 0.2) is 6.10 Å². The lowest BCUT2D eigenvalue weighted by Crippen LogP contribution is -2.21. The molecule has 0 aromatic heterocycles. The van der Waals surface area contributed by atoms with Crippen LogP contribution in [0.25, 0.3) is 0 Å². The molecule has 0 bridgehead atoms. The second kappa shape index (κ2) is 11.3. The van der Waals surface area contributed by atoms with Gasteiger partial charge < -0.3 is 10.1 Å². The Balaban J connectivity index is 1.68. The van der Waals surface area contributed by atoms with E-state index in [1.54, 1.807) is 30.3 Å². The van der Waals surface area contributed by atoms with Crippen LogP contribution in [0.1, 0.15) is 34.9 Å². The van der Waals surface area contributed by atoms with Gasteiger partial charge >= 0.3 is 5.97 Å². The Morgan fingerprint density at radius 3 is 2.09 bits per heavy atom. The number of anilines is 1. The number of amides is 1. The summed E-state index contributed by atoms with van der Waals surface area (Å²) in [6.07, 6.45) is -2.04. The zero-order chi connectivity index (χ0) is 25.4. The fourth-order valence-corrected chi connectivity index (χ4v) is 3.12. The first kappa shape index (κ1) is 24.7. The van der Waals surface area contributed by atoms with Gasteiger partial charge in [0, 0.05) is 47.5 Å². The van der Waals surface area contributed by atoms with Crippen molar-refractivity contribution >= 4 is 34.7 Å². The Morgan fingerprint density at radius 2 is 1.46 bits per heavy atom. The number of carbonyl (C=O) groups excluding carboxylic acids is 3. The molecular weight excluding hydrogens is 458 g/mol. The molecule has 0 saturated heterocycles. The van der Waals surface area contributed by atoms with E-state index in [0.29, 0.717) is 0 Å². The van der Waals surface area contributed by atoms with Gasteiger partial charge in [-0.25, -0.2) is 0 Å². The topological polar surface area (TPSA) is 159 Å². The van der Waals surface area contributed by atoms with Gasteiger partial charge in [-0.2, -0.15) is 0 Å². The SMILES string of the molecule is O=C(CCC(=O)O[C@H](C(=O)c1ccccc1)c1ccc([N+](=O)[O-])cc1)Nc1cccc([N+](=O)[O-])c1. The van der Waals surface area contributed by atoms with Crippen LogP contribution in [-0.4, -0.2) is 27.5 Å². The van der Waals surface area contributed by atoms with E-state index in [0.717, 1.165) is 0 Å². The molecule has 1 atom stereocenters. The number of nitro benzene ring substituents is 2. The summed E-state index contributed by atoms with van der Waals surface area (Å²) in [6, 6.07) is 18.4. The lowest BCUT2D eigenvalue weighted by Gasteiger charge is -2.17. The highest BCUT2D eigenvalue weighted by Crippen LogP contribution is 2.26. The Labute approximate surface area is 198 Å². The standard InChI is InChI=1S/C24H19N3O8/c28-21(25-18-7-4-8-20(15-18)27(33)34)13-14-22(29)35-24(23(30)16-5-2-1-3-6-16)17-9-11-19(12-10-17)26(31)32/h1-12,15,24H,13-14H2,(H,25,28)/t24-/m0/s1. The number of ether oxygens (including phenoxy) is 1. The second-order valence-corrected chi connectivity index (χ2v) is 7.30. The van der Waals surface area contributed by atoms with E-state index in [9.17, 15) is 34.6 Å². The quantitative estimate of drug-likeness (QED) is 0.195. The van der Waals surface area contributed by atoms with E-state index in [1.807, 2.05) is 0 Å². The Kier molecular flexibility index (Phi) is 7.96. The van der Waals surface area contributed by atoms with Gasteiger partial charge in [-0.15, -0.1) is 0 Å². The fourth-order valence-electron chi connectivity index (χ4n) is 3.12. The highest BCUT2D eigenvalue weighted by molar-refractivity contribution is 6.01. The van der Waals surface area contributed by atoms with E-state index >= 15 is 0 Å². The maximum atomic E-state index is 13.0. The van der Waals surface area contributed by atoms with E-state index in [4.69, 9.17) is 4.74 Å². The first-order valence-corrected chi connectivity index (χ1v) is 10.3. The molecule has 3 rings (SSSR count). The smallest absolute Gasteiger partial charge is 0.307 e. The van der Waals surface area contributed by atoms with Gasteiger partial charge in [-0.1, -0.05) is 36.4 Å². The second-order valence-electron chi connectivity index (χ2n) is 7.30. The van der Waals surface area contributed by atoms with E-state index in [2.05, 4.69) is 5.32 Å².